The Morgan fingerprint density at radius 2 is 1.75 bits per heavy atom. The Morgan fingerprint density at radius 3 is 2.38 bits per heavy atom. The lowest BCUT2D eigenvalue weighted by molar-refractivity contribution is 0.627. The average Bonchev–Trinajstić information content (AvgIpc) is 2.25. The lowest BCUT2D eigenvalue weighted by Crippen LogP contribution is -1.95. The number of nitrogens with two attached hydrogens (primary N) is 1. The van der Waals surface area contributed by atoms with E-state index >= 15 is 0 Å². The fourth-order valence-corrected chi connectivity index (χ4v) is 1.73. The molecule has 0 saturated carbocycles. The molecule has 0 saturated heterocycles. The molecule has 0 aromatic heterocycles. The Morgan fingerprint density at radius 1 is 1.06 bits per heavy atom. The number of anilines is 1. The standard InChI is InChI=1S/C13H11ClFN/c14-11-4-3-10(13(16)8-11)7-9-1-5-12(15)6-2-9/h1-6,8H,7,16H2. The third kappa shape index (κ3) is 2.52. The highest BCUT2D eigenvalue weighted by Gasteiger charge is 2.02. The van der Waals surface area contributed by atoms with Crippen molar-refractivity contribution in [2.45, 2.75) is 6.42 Å². The molecule has 0 radical (unpaired) electrons. The van der Waals surface area contributed by atoms with E-state index in [9.17, 15) is 4.39 Å². The molecule has 0 amide bonds. The van der Waals surface area contributed by atoms with Crippen LogP contribution in [0.3, 0.4) is 0 Å². The summed E-state index contributed by atoms with van der Waals surface area (Å²) in [6, 6.07) is 11.8. The van der Waals surface area contributed by atoms with Crippen LogP contribution < -0.4 is 5.73 Å². The van der Waals surface area contributed by atoms with E-state index in [1.165, 1.54) is 12.1 Å². The van der Waals surface area contributed by atoms with E-state index in [1.54, 1.807) is 24.3 Å². The van der Waals surface area contributed by atoms with Crippen molar-refractivity contribution in [2.24, 2.45) is 0 Å². The van der Waals surface area contributed by atoms with Crippen LogP contribution >= 0.6 is 11.6 Å². The number of hydrogen-bond acceptors (Lipinski definition) is 1. The molecule has 2 aromatic rings. The number of nitrogen functional groups attached to an aromatic ring is 1. The first-order valence-corrected chi connectivity index (χ1v) is 5.31. The molecule has 1 nitrogen and oxygen atoms in total. The van der Waals surface area contributed by atoms with Crippen molar-refractivity contribution in [2.75, 3.05) is 5.73 Å². The summed E-state index contributed by atoms with van der Waals surface area (Å²) in [6.07, 6.45) is 0.684. The molecule has 0 heterocycles. The summed E-state index contributed by atoms with van der Waals surface area (Å²) in [5.74, 6) is -0.229. The van der Waals surface area contributed by atoms with E-state index in [2.05, 4.69) is 0 Å². The van der Waals surface area contributed by atoms with E-state index in [0.29, 0.717) is 17.1 Å². The topological polar surface area (TPSA) is 26.0 Å². The minimum atomic E-state index is -0.229. The van der Waals surface area contributed by atoms with Gasteiger partial charge in [0.25, 0.3) is 0 Å². The van der Waals surface area contributed by atoms with Crippen LogP contribution in [0.15, 0.2) is 42.5 Å². The first kappa shape index (κ1) is 11.0. The van der Waals surface area contributed by atoms with Crippen LogP contribution in [0.4, 0.5) is 10.1 Å². The molecule has 0 aliphatic rings. The van der Waals surface area contributed by atoms with E-state index in [0.717, 1.165) is 11.1 Å². The first-order valence-electron chi connectivity index (χ1n) is 4.93. The van der Waals surface area contributed by atoms with E-state index < -0.39 is 0 Å². The quantitative estimate of drug-likeness (QED) is 0.790. The summed E-state index contributed by atoms with van der Waals surface area (Å²) in [4.78, 5) is 0. The normalized spacial score (nSPS) is 10.4. The predicted molar refractivity (Wildman–Crippen MR) is 65.1 cm³/mol. The second-order valence-corrected chi connectivity index (χ2v) is 4.08. The maximum atomic E-state index is 12.7. The van der Waals surface area contributed by atoms with Gasteiger partial charge in [-0.15, -0.1) is 0 Å². The van der Waals surface area contributed by atoms with Crippen LogP contribution in [-0.2, 0) is 6.42 Å². The van der Waals surface area contributed by atoms with Gasteiger partial charge in [-0.3, -0.25) is 0 Å². The first-order chi connectivity index (χ1) is 7.65. The number of benzene rings is 2. The number of halogens is 2. The molecule has 0 aliphatic carbocycles. The maximum absolute atomic E-state index is 12.7. The number of rotatable bonds is 2. The van der Waals surface area contributed by atoms with E-state index in [-0.39, 0.29) is 5.82 Å². The minimum absolute atomic E-state index is 0.229. The summed E-state index contributed by atoms with van der Waals surface area (Å²) in [5.41, 5.74) is 8.52. The van der Waals surface area contributed by atoms with Crippen LogP contribution in [0.1, 0.15) is 11.1 Å². The maximum Gasteiger partial charge on any atom is 0.123 e. The van der Waals surface area contributed by atoms with Gasteiger partial charge in [0.15, 0.2) is 0 Å². The lowest BCUT2D eigenvalue weighted by Gasteiger charge is -2.06. The highest BCUT2D eigenvalue weighted by Crippen LogP contribution is 2.20. The molecule has 0 spiro atoms. The van der Waals surface area contributed by atoms with Crippen molar-refractivity contribution in [1.82, 2.24) is 0 Å². The molecule has 0 fully saturated rings. The molecule has 3 heteroatoms. The van der Waals surface area contributed by atoms with Gasteiger partial charge >= 0.3 is 0 Å². The number of hydrogen-bond donors (Lipinski definition) is 1. The highest BCUT2D eigenvalue weighted by atomic mass is 35.5. The fraction of sp³-hybridized carbons (Fsp3) is 0.0769. The Labute approximate surface area is 98.7 Å². The SMILES string of the molecule is Nc1cc(Cl)ccc1Cc1ccc(F)cc1. The highest BCUT2D eigenvalue weighted by molar-refractivity contribution is 6.30. The van der Waals surface area contributed by atoms with Gasteiger partial charge in [-0.1, -0.05) is 29.8 Å². The second kappa shape index (κ2) is 4.54. The third-order valence-corrected chi connectivity index (χ3v) is 2.65. The average molecular weight is 236 g/mol. The Hall–Kier alpha value is -1.54. The van der Waals surface area contributed by atoms with Crippen molar-refractivity contribution in [3.8, 4) is 0 Å². The zero-order valence-electron chi connectivity index (χ0n) is 8.58. The second-order valence-electron chi connectivity index (χ2n) is 3.65. The zero-order chi connectivity index (χ0) is 11.5. The molecule has 0 bridgehead atoms. The summed E-state index contributed by atoms with van der Waals surface area (Å²) in [5, 5.41) is 0.625. The molecule has 0 aliphatic heterocycles. The van der Waals surface area contributed by atoms with Crippen LogP contribution in [0.25, 0.3) is 0 Å². The van der Waals surface area contributed by atoms with Gasteiger partial charge in [-0.25, -0.2) is 4.39 Å². The van der Waals surface area contributed by atoms with Gasteiger partial charge in [0, 0.05) is 10.7 Å². The smallest absolute Gasteiger partial charge is 0.123 e. The van der Waals surface area contributed by atoms with Gasteiger partial charge in [0.05, 0.1) is 0 Å². The van der Waals surface area contributed by atoms with Gasteiger partial charge in [0.1, 0.15) is 5.82 Å². The molecule has 82 valence electrons. The van der Waals surface area contributed by atoms with E-state index in [4.69, 9.17) is 17.3 Å². The zero-order valence-corrected chi connectivity index (χ0v) is 9.34. The van der Waals surface area contributed by atoms with Crippen molar-refractivity contribution in [3.05, 3.63) is 64.4 Å². The molecular formula is C13H11ClFN. The van der Waals surface area contributed by atoms with Crippen LogP contribution in [0, 0.1) is 5.82 Å². The van der Waals surface area contributed by atoms with Gasteiger partial charge in [-0.2, -0.15) is 0 Å². The Bertz CT molecular complexity index is 494. The van der Waals surface area contributed by atoms with Gasteiger partial charge in [-0.05, 0) is 41.8 Å². The van der Waals surface area contributed by atoms with Crippen molar-refractivity contribution < 1.29 is 4.39 Å². The summed E-state index contributed by atoms with van der Waals surface area (Å²) in [6.45, 7) is 0. The minimum Gasteiger partial charge on any atom is -0.398 e. The molecule has 2 rings (SSSR count). The summed E-state index contributed by atoms with van der Waals surface area (Å²) >= 11 is 5.81. The van der Waals surface area contributed by atoms with Crippen molar-refractivity contribution in [1.29, 1.82) is 0 Å². The molecule has 2 N–H and O–H groups in total. The summed E-state index contributed by atoms with van der Waals surface area (Å²) < 4.78 is 12.7. The Balaban J connectivity index is 2.23. The predicted octanol–water partition coefficient (Wildman–Crippen LogP) is 3.65. The molecule has 0 atom stereocenters. The van der Waals surface area contributed by atoms with Crippen LogP contribution in [0.2, 0.25) is 5.02 Å². The van der Waals surface area contributed by atoms with Crippen LogP contribution in [0.5, 0.6) is 0 Å². The van der Waals surface area contributed by atoms with Gasteiger partial charge in [0.2, 0.25) is 0 Å². The third-order valence-electron chi connectivity index (χ3n) is 2.42. The Kier molecular flexibility index (Phi) is 3.11. The fourth-order valence-electron chi connectivity index (χ4n) is 1.55. The molecule has 0 unspecified atom stereocenters. The van der Waals surface area contributed by atoms with Crippen molar-refractivity contribution in [3.63, 3.8) is 0 Å². The lowest BCUT2D eigenvalue weighted by atomic mass is 10.0. The summed E-state index contributed by atoms with van der Waals surface area (Å²) in [7, 11) is 0. The van der Waals surface area contributed by atoms with Crippen LogP contribution in [-0.4, -0.2) is 0 Å². The van der Waals surface area contributed by atoms with Crippen molar-refractivity contribution >= 4 is 17.3 Å². The molecule has 16 heavy (non-hydrogen) atoms. The molecular weight excluding hydrogens is 225 g/mol. The monoisotopic (exact) mass is 235 g/mol. The van der Waals surface area contributed by atoms with Gasteiger partial charge < -0.3 is 5.73 Å². The molecule has 2 aromatic carbocycles. The largest absolute Gasteiger partial charge is 0.398 e. The van der Waals surface area contributed by atoms with E-state index in [1.807, 2.05) is 6.07 Å².